The number of carboxylic acids is 1. The average Bonchev–Trinajstić information content (AvgIpc) is 3.04. The number of carboxylic acid groups (broad SMARTS) is 1. The van der Waals surface area contributed by atoms with E-state index in [1.54, 1.807) is 0 Å². The Morgan fingerprint density at radius 1 is 1.10 bits per heavy atom. The number of aliphatic hydroxyl groups is 1. The van der Waals surface area contributed by atoms with Gasteiger partial charge in [0.2, 0.25) is 0 Å². The highest BCUT2D eigenvalue weighted by Crippen LogP contribution is 2.46. The van der Waals surface area contributed by atoms with Crippen molar-refractivity contribution >= 4 is 17.7 Å². The number of aliphatic hydroxyl groups excluding tert-OH is 1. The zero-order chi connectivity index (χ0) is 15.1. The molecule has 0 amide bonds. The zero-order valence-corrected chi connectivity index (χ0v) is 13.5. The van der Waals surface area contributed by atoms with Crippen molar-refractivity contribution in [1.82, 2.24) is 0 Å². The first-order chi connectivity index (χ1) is 10.2. The van der Waals surface area contributed by atoms with Gasteiger partial charge in [0.1, 0.15) is 0 Å². The van der Waals surface area contributed by atoms with Gasteiger partial charge in [-0.3, -0.25) is 4.79 Å². The lowest BCUT2D eigenvalue weighted by Gasteiger charge is -2.27. The van der Waals surface area contributed by atoms with E-state index in [0.717, 1.165) is 30.8 Å². The molecule has 2 aliphatic heterocycles. The van der Waals surface area contributed by atoms with Crippen molar-refractivity contribution < 1.29 is 19.7 Å². The molecule has 0 aliphatic carbocycles. The van der Waals surface area contributed by atoms with Gasteiger partial charge < -0.3 is 14.9 Å². The predicted molar refractivity (Wildman–Crippen MR) is 84.6 cm³/mol. The molecule has 0 aromatic rings. The van der Waals surface area contributed by atoms with Crippen LogP contribution in [0.3, 0.4) is 0 Å². The monoisotopic (exact) mass is 316 g/mol. The summed E-state index contributed by atoms with van der Waals surface area (Å²) in [5, 5.41) is 17.5. The van der Waals surface area contributed by atoms with E-state index in [1.807, 2.05) is 11.8 Å². The van der Waals surface area contributed by atoms with E-state index < -0.39 is 5.97 Å². The second kappa shape index (κ2) is 9.01. The van der Waals surface area contributed by atoms with Gasteiger partial charge in [-0.2, -0.15) is 11.8 Å². The first-order valence-electron chi connectivity index (χ1n) is 8.28. The van der Waals surface area contributed by atoms with Crippen LogP contribution in [0.25, 0.3) is 0 Å². The summed E-state index contributed by atoms with van der Waals surface area (Å²) in [6.07, 6.45) is 9.04. The van der Waals surface area contributed by atoms with Crippen molar-refractivity contribution in [3.63, 3.8) is 0 Å². The lowest BCUT2D eigenvalue weighted by Crippen LogP contribution is -2.29. The predicted octanol–water partition coefficient (Wildman–Crippen LogP) is 2.93. The van der Waals surface area contributed by atoms with Crippen LogP contribution >= 0.6 is 11.8 Å². The van der Waals surface area contributed by atoms with Crippen LogP contribution in [-0.2, 0) is 9.53 Å². The van der Waals surface area contributed by atoms with Crippen LogP contribution in [0.1, 0.15) is 51.4 Å². The Kier molecular flexibility index (Phi) is 7.34. The number of fused-ring (bicyclic) bond motifs is 2. The van der Waals surface area contributed by atoms with Gasteiger partial charge in [0.25, 0.3) is 0 Å². The molecule has 0 aromatic heterocycles. The molecule has 4 atom stereocenters. The fourth-order valence-corrected chi connectivity index (χ4v) is 4.82. The molecular formula is C16H28O4S. The molecule has 4 nitrogen and oxygen atoms in total. The maximum absolute atomic E-state index is 10.5. The Bertz CT molecular complexity index is 323. The van der Waals surface area contributed by atoms with Crippen molar-refractivity contribution in [1.29, 1.82) is 0 Å². The van der Waals surface area contributed by atoms with Crippen LogP contribution < -0.4 is 0 Å². The Labute approximate surface area is 131 Å². The van der Waals surface area contributed by atoms with E-state index in [0.29, 0.717) is 30.5 Å². The maximum Gasteiger partial charge on any atom is 0.303 e. The standard InChI is InChI=1S/C16H28O4S/c17-9-10-21-11-13-12(14-7-8-15(13)20-14)5-3-1-2-4-6-16(18)19/h12-15,17H,1-11H2,(H,18,19). The van der Waals surface area contributed by atoms with E-state index in [1.165, 1.54) is 25.7 Å². The molecule has 2 bridgehead atoms. The molecule has 2 saturated heterocycles. The molecular weight excluding hydrogens is 288 g/mol. The van der Waals surface area contributed by atoms with Gasteiger partial charge in [-0.05, 0) is 43.3 Å². The highest BCUT2D eigenvalue weighted by Gasteiger charge is 2.47. The largest absolute Gasteiger partial charge is 0.481 e. The molecule has 2 aliphatic rings. The molecule has 2 N–H and O–H groups in total. The highest BCUT2D eigenvalue weighted by molar-refractivity contribution is 7.99. The van der Waals surface area contributed by atoms with Crippen LogP contribution in [0.2, 0.25) is 0 Å². The van der Waals surface area contributed by atoms with Gasteiger partial charge in [0, 0.05) is 12.2 Å². The van der Waals surface area contributed by atoms with Crippen molar-refractivity contribution in [2.24, 2.45) is 11.8 Å². The quantitative estimate of drug-likeness (QED) is 0.574. The van der Waals surface area contributed by atoms with Crippen LogP contribution in [0.4, 0.5) is 0 Å². The third-order valence-corrected chi connectivity index (χ3v) is 5.91. The average molecular weight is 316 g/mol. The van der Waals surface area contributed by atoms with Crippen LogP contribution in [-0.4, -0.2) is 46.5 Å². The molecule has 0 saturated carbocycles. The molecule has 2 fully saturated rings. The molecule has 21 heavy (non-hydrogen) atoms. The zero-order valence-electron chi connectivity index (χ0n) is 12.7. The first-order valence-corrected chi connectivity index (χ1v) is 9.43. The fourth-order valence-electron chi connectivity index (χ4n) is 3.80. The van der Waals surface area contributed by atoms with Crippen molar-refractivity contribution in [2.75, 3.05) is 18.1 Å². The molecule has 0 radical (unpaired) electrons. The summed E-state index contributed by atoms with van der Waals surface area (Å²) in [5.41, 5.74) is 0. The van der Waals surface area contributed by atoms with E-state index in [4.69, 9.17) is 14.9 Å². The van der Waals surface area contributed by atoms with E-state index in [-0.39, 0.29) is 6.61 Å². The summed E-state index contributed by atoms with van der Waals surface area (Å²) >= 11 is 1.85. The molecule has 0 spiro atoms. The van der Waals surface area contributed by atoms with Gasteiger partial charge in [-0.15, -0.1) is 0 Å². The lowest BCUT2D eigenvalue weighted by molar-refractivity contribution is -0.137. The number of unbranched alkanes of at least 4 members (excludes halogenated alkanes) is 3. The van der Waals surface area contributed by atoms with Gasteiger partial charge >= 0.3 is 5.97 Å². The molecule has 122 valence electrons. The topological polar surface area (TPSA) is 66.8 Å². The van der Waals surface area contributed by atoms with E-state index in [2.05, 4.69) is 0 Å². The van der Waals surface area contributed by atoms with Gasteiger partial charge in [0.15, 0.2) is 0 Å². The van der Waals surface area contributed by atoms with Gasteiger partial charge in [-0.1, -0.05) is 19.3 Å². The molecule has 4 unspecified atom stereocenters. The molecule has 2 rings (SSSR count). The Morgan fingerprint density at radius 3 is 2.52 bits per heavy atom. The Hall–Kier alpha value is -0.260. The second-order valence-corrected chi connectivity index (χ2v) is 7.41. The summed E-state index contributed by atoms with van der Waals surface area (Å²) < 4.78 is 6.08. The first kappa shape index (κ1) is 17.1. The minimum Gasteiger partial charge on any atom is -0.481 e. The second-order valence-electron chi connectivity index (χ2n) is 6.26. The number of hydrogen-bond acceptors (Lipinski definition) is 4. The number of thioether (sulfide) groups is 1. The number of hydrogen-bond donors (Lipinski definition) is 2. The molecule has 5 heteroatoms. The number of rotatable bonds is 11. The Balaban J connectivity index is 1.64. The van der Waals surface area contributed by atoms with Crippen molar-refractivity contribution in [3.05, 3.63) is 0 Å². The highest BCUT2D eigenvalue weighted by atomic mass is 32.2. The summed E-state index contributed by atoms with van der Waals surface area (Å²) in [7, 11) is 0. The normalized spacial score (nSPS) is 30.9. The fraction of sp³-hybridized carbons (Fsp3) is 0.938. The van der Waals surface area contributed by atoms with Crippen LogP contribution in [0.15, 0.2) is 0 Å². The summed E-state index contributed by atoms with van der Waals surface area (Å²) in [4.78, 5) is 10.5. The summed E-state index contributed by atoms with van der Waals surface area (Å²) in [6.45, 7) is 0.264. The van der Waals surface area contributed by atoms with E-state index >= 15 is 0 Å². The van der Waals surface area contributed by atoms with E-state index in [9.17, 15) is 4.79 Å². The van der Waals surface area contributed by atoms with Gasteiger partial charge in [-0.25, -0.2) is 0 Å². The maximum atomic E-state index is 10.5. The van der Waals surface area contributed by atoms with Crippen LogP contribution in [0.5, 0.6) is 0 Å². The number of ether oxygens (including phenoxy) is 1. The summed E-state index contributed by atoms with van der Waals surface area (Å²) in [6, 6.07) is 0. The van der Waals surface area contributed by atoms with Crippen molar-refractivity contribution in [3.8, 4) is 0 Å². The molecule has 0 aromatic carbocycles. The number of carbonyl (C=O) groups is 1. The lowest BCUT2D eigenvalue weighted by atomic mass is 9.77. The number of aliphatic carboxylic acids is 1. The Morgan fingerprint density at radius 2 is 1.81 bits per heavy atom. The SMILES string of the molecule is O=C(O)CCCCCCC1C2CCC(O2)C1CSCCO. The minimum absolute atomic E-state index is 0.264. The third-order valence-electron chi connectivity index (χ3n) is 4.81. The smallest absolute Gasteiger partial charge is 0.303 e. The minimum atomic E-state index is -0.683. The van der Waals surface area contributed by atoms with Crippen LogP contribution in [0, 0.1) is 11.8 Å². The van der Waals surface area contributed by atoms with Crippen molar-refractivity contribution in [2.45, 2.75) is 63.6 Å². The third kappa shape index (κ3) is 5.15. The van der Waals surface area contributed by atoms with Gasteiger partial charge in [0.05, 0.1) is 18.8 Å². The summed E-state index contributed by atoms with van der Waals surface area (Å²) in [5.74, 6) is 2.62. The molecule has 2 heterocycles.